The molecule has 0 aliphatic rings. The van der Waals surface area contributed by atoms with Gasteiger partial charge in [-0.3, -0.25) is 0 Å². The first-order valence-corrected chi connectivity index (χ1v) is 4.29. The Morgan fingerprint density at radius 1 is 1.43 bits per heavy atom. The Kier molecular flexibility index (Phi) is 2.18. The van der Waals surface area contributed by atoms with Crippen LogP contribution in [-0.4, -0.2) is 9.97 Å². The van der Waals surface area contributed by atoms with E-state index in [1.807, 2.05) is 0 Å². The van der Waals surface area contributed by atoms with Crippen LogP contribution in [0, 0.1) is 12.7 Å². The van der Waals surface area contributed by atoms with Crippen LogP contribution in [0.5, 0.6) is 0 Å². The van der Waals surface area contributed by atoms with E-state index in [-0.39, 0.29) is 5.82 Å². The van der Waals surface area contributed by atoms with Crippen molar-refractivity contribution in [2.45, 2.75) is 6.92 Å². The van der Waals surface area contributed by atoms with Crippen molar-refractivity contribution in [2.24, 2.45) is 0 Å². The second-order valence-corrected chi connectivity index (χ2v) is 3.00. The first-order valence-electron chi connectivity index (χ1n) is 4.29. The fourth-order valence-corrected chi connectivity index (χ4v) is 1.21. The molecule has 0 saturated heterocycles. The highest BCUT2D eigenvalue weighted by Crippen LogP contribution is 2.19. The number of aromatic nitrogens is 2. The highest BCUT2D eigenvalue weighted by molar-refractivity contribution is 5.55. The number of nitrogens with one attached hydrogen (secondary N) is 2. The van der Waals surface area contributed by atoms with Gasteiger partial charge in [-0.1, -0.05) is 12.1 Å². The molecule has 0 unspecified atom stereocenters. The van der Waals surface area contributed by atoms with E-state index >= 15 is 0 Å². The summed E-state index contributed by atoms with van der Waals surface area (Å²) in [4.78, 5) is 6.79. The topological polar surface area (TPSA) is 40.7 Å². The summed E-state index contributed by atoms with van der Waals surface area (Å²) in [5.74, 6) is 0.290. The molecular weight excluding hydrogens is 181 g/mol. The van der Waals surface area contributed by atoms with Gasteiger partial charge in [0.25, 0.3) is 0 Å². The molecule has 2 N–H and O–H groups in total. The van der Waals surface area contributed by atoms with Gasteiger partial charge >= 0.3 is 0 Å². The van der Waals surface area contributed by atoms with E-state index < -0.39 is 0 Å². The van der Waals surface area contributed by atoms with Gasteiger partial charge in [-0.25, -0.2) is 9.37 Å². The van der Waals surface area contributed by atoms with Crippen molar-refractivity contribution in [3.05, 3.63) is 42.0 Å². The summed E-state index contributed by atoms with van der Waals surface area (Å²) in [6.07, 6.45) is 3.28. The molecular formula is C10H10FN3. The monoisotopic (exact) mass is 191 g/mol. The van der Waals surface area contributed by atoms with E-state index in [0.717, 1.165) is 0 Å². The largest absolute Gasteiger partial charge is 0.331 e. The van der Waals surface area contributed by atoms with Crippen LogP contribution in [0.2, 0.25) is 0 Å². The third kappa shape index (κ3) is 1.59. The van der Waals surface area contributed by atoms with Gasteiger partial charge in [0.1, 0.15) is 5.82 Å². The van der Waals surface area contributed by atoms with Gasteiger partial charge in [0, 0.05) is 12.4 Å². The fourth-order valence-electron chi connectivity index (χ4n) is 1.21. The lowest BCUT2D eigenvalue weighted by atomic mass is 10.2. The molecule has 0 spiro atoms. The minimum atomic E-state index is -0.246. The number of rotatable bonds is 2. The molecule has 0 fully saturated rings. The minimum Gasteiger partial charge on any atom is -0.331 e. The highest BCUT2D eigenvalue weighted by Gasteiger charge is 2.04. The zero-order chi connectivity index (χ0) is 9.97. The molecule has 0 bridgehead atoms. The Hall–Kier alpha value is -1.84. The smallest absolute Gasteiger partial charge is 0.204 e. The lowest BCUT2D eigenvalue weighted by Crippen LogP contribution is -1.96. The average Bonchev–Trinajstić information content (AvgIpc) is 2.66. The molecule has 14 heavy (non-hydrogen) atoms. The summed E-state index contributed by atoms with van der Waals surface area (Å²) in [5, 5.41) is 2.85. The van der Waals surface area contributed by atoms with Crippen molar-refractivity contribution in [3.63, 3.8) is 0 Å². The molecule has 1 aromatic heterocycles. The zero-order valence-electron chi connectivity index (χ0n) is 7.71. The van der Waals surface area contributed by atoms with Gasteiger partial charge in [-0.05, 0) is 18.6 Å². The number of aryl methyl sites for hydroxylation is 1. The van der Waals surface area contributed by atoms with E-state index in [1.165, 1.54) is 0 Å². The fraction of sp³-hybridized carbons (Fsp3) is 0.100. The maximum absolute atomic E-state index is 13.5. The van der Waals surface area contributed by atoms with E-state index in [0.29, 0.717) is 17.2 Å². The van der Waals surface area contributed by atoms with E-state index in [2.05, 4.69) is 15.3 Å². The maximum Gasteiger partial charge on any atom is 0.204 e. The number of hydrogen-bond donors (Lipinski definition) is 2. The number of H-pyrrole nitrogens is 1. The first kappa shape index (κ1) is 8.74. The number of nitrogens with zero attached hydrogens (tertiary/aromatic N) is 1. The SMILES string of the molecule is Cc1cccc(Nc2ncc[nH]2)c1F. The van der Waals surface area contributed by atoms with Crippen molar-refractivity contribution >= 4 is 11.6 Å². The number of anilines is 2. The van der Waals surface area contributed by atoms with Gasteiger partial charge in [-0.2, -0.15) is 0 Å². The van der Waals surface area contributed by atoms with Gasteiger partial charge in [0.2, 0.25) is 5.95 Å². The van der Waals surface area contributed by atoms with Crippen molar-refractivity contribution in [1.29, 1.82) is 0 Å². The Morgan fingerprint density at radius 3 is 3.00 bits per heavy atom. The van der Waals surface area contributed by atoms with E-state index in [1.54, 1.807) is 37.5 Å². The molecule has 0 radical (unpaired) electrons. The molecule has 0 saturated carbocycles. The van der Waals surface area contributed by atoms with Gasteiger partial charge < -0.3 is 10.3 Å². The molecule has 0 aliphatic carbocycles. The van der Waals surface area contributed by atoms with Gasteiger partial charge in [0.15, 0.2) is 0 Å². The molecule has 2 rings (SSSR count). The lowest BCUT2D eigenvalue weighted by molar-refractivity contribution is 0.622. The summed E-state index contributed by atoms with van der Waals surface area (Å²) in [6.45, 7) is 1.72. The van der Waals surface area contributed by atoms with Gasteiger partial charge in [0.05, 0.1) is 5.69 Å². The number of aromatic amines is 1. The highest BCUT2D eigenvalue weighted by atomic mass is 19.1. The van der Waals surface area contributed by atoms with Crippen LogP contribution in [0.3, 0.4) is 0 Å². The second-order valence-electron chi connectivity index (χ2n) is 3.00. The molecule has 4 heteroatoms. The quantitative estimate of drug-likeness (QED) is 0.766. The number of hydrogen-bond acceptors (Lipinski definition) is 2. The Morgan fingerprint density at radius 2 is 2.29 bits per heavy atom. The maximum atomic E-state index is 13.5. The third-order valence-corrected chi connectivity index (χ3v) is 1.94. The van der Waals surface area contributed by atoms with E-state index in [4.69, 9.17) is 0 Å². The summed E-state index contributed by atoms with van der Waals surface area (Å²) in [6, 6.07) is 5.19. The molecule has 72 valence electrons. The summed E-state index contributed by atoms with van der Waals surface area (Å²) >= 11 is 0. The van der Waals surface area contributed by atoms with Crippen LogP contribution in [0.25, 0.3) is 0 Å². The number of halogens is 1. The second kappa shape index (κ2) is 3.49. The normalized spacial score (nSPS) is 10.1. The Bertz CT molecular complexity index is 423. The van der Waals surface area contributed by atoms with Crippen molar-refractivity contribution in [2.75, 3.05) is 5.32 Å². The molecule has 0 amide bonds. The molecule has 3 nitrogen and oxygen atoms in total. The van der Waals surface area contributed by atoms with Crippen LogP contribution in [0.4, 0.5) is 16.0 Å². The summed E-state index contributed by atoms with van der Waals surface area (Å²) in [7, 11) is 0. The number of benzene rings is 1. The lowest BCUT2D eigenvalue weighted by Gasteiger charge is -2.05. The minimum absolute atomic E-state index is 0.246. The molecule has 1 heterocycles. The van der Waals surface area contributed by atoms with Crippen LogP contribution in [0.1, 0.15) is 5.56 Å². The molecule has 0 atom stereocenters. The first-order chi connectivity index (χ1) is 6.77. The predicted molar refractivity (Wildman–Crippen MR) is 53.0 cm³/mol. The van der Waals surface area contributed by atoms with Gasteiger partial charge in [-0.15, -0.1) is 0 Å². The van der Waals surface area contributed by atoms with Crippen molar-refractivity contribution < 1.29 is 4.39 Å². The summed E-state index contributed by atoms with van der Waals surface area (Å²) < 4.78 is 13.5. The van der Waals surface area contributed by atoms with Crippen LogP contribution in [-0.2, 0) is 0 Å². The predicted octanol–water partition coefficient (Wildman–Crippen LogP) is 2.60. The third-order valence-electron chi connectivity index (χ3n) is 1.94. The zero-order valence-corrected chi connectivity index (χ0v) is 7.71. The van der Waals surface area contributed by atoms with Crippen molar-refractivity contribution in [3.8, 4) is 0 Å². The molecule has 2 aromatic rings. The molecule has 0 aliphatic heterocycles. The van der Waals surface area contributed by atoms with Crippen molar-refractivity contribution in [1.82, 2.24) is 9.97 Å². The number of imidazole rings is 1. The Labute approximate surface area is 81.0 Å². The molecule has 1 aromatic carbocycles. The Balaban J connectivity index is 2.29. The van der Waals surface area contributed by atoms with Crippen LogP contribution < -0.4 is 5.32 Å². The standard InChI is InChI=1S/C10H10FN3/c1-7-3-2-4-8(9(7)11)14-10-12-5-6-13-10/h2-6H,1H3,(H2,12,13,14). The van der Waals surface area contributed by atoms with Crippen LogP contribution >= 0.6 is 0 Å². The van der Waals surface area contributed by atoms with E-state index in [9.17, 15) is 4.39 Å². The average molecular weight is 191 g/mol. The summed E-state index contributed by atoms with van der Waals surface area (Å²) in [5.41, 5.74) is 1.04. The van der Waals surface area contributed by atoms with Crippen LogP contribution in [0.15, 0.2) is 30.6 Å².